The van der Waals surface area contributed by atoms with Gasteiger partial charge in [-0.2, -0.15) is 5.10 Å². The fraction of sp³-hybridized carbons (Fsp3) is 0.167. The van der Waals surface area contributed by atoms with Crippen LogP contribution in [0.15, 0.2) is 84.0 Å². The highest BCUT2D eigenvalue weighted by Gasteiger charge is 2.12. The Morgan fingerprint density at radius 2 is 1.80 bits per heavy atom. The van der Waals surface area contributed by atoms with E-state index in [9.17, 15) is 4.79 Å². The van der Waals surface area contributed by atoms with Gasteiger partial charge < -0.3 is 4.74 Å². The smallest absolute Gasteiger partial charge is 0.252 e. The minimum absolute atomic E-state index is 0.117. The standard InChI is InChI=1S/C24H23ClN2O2S/c1-18(30-17-20-6-3-2-4-7-20)24(28)27-26-15-19-10-12-23(13-11-19)29-16-21-8-5-9-22(25)14-21/h2-15,18H,16-17H2,1H3,(H,27,28)/b26-15-/t18-/m1/s1. The number of carbonyl (C=O) groups is 1. The number of nitrogens with zero attached hydrogens (tertiary/aromatic N) is 1. The first kappa shape index (κ1) is 21.9. The largest absolute Gasteiger partial charge is 0.489 e. The number of benzene rings is 3. The van der Waals surface area contributed by atoms with Gasteiger partial charge in [-0.05, 0) is 60.0 Å². The van der Waals surface area contributed by atoms with Gasteiger partial charge in [-0.1, -0.05) is 54.1 Å². The maximum absolute atomic E-state index is 12.2. The van der Waals surface area contributed by atoms with E-state index >= 15 is 0 Å². The van der Waals surface area contributed by atoms with E-state index in [1.807, 2.05) is 73.7 Å². The Labute approximate surface area is 186 Å². The van der Waals surface area contributed by atoms with Crippen molar-refractivity contribution in [3.63, 3.8) is 0 Å². The molecule has 0 heterocycles. The van der Waals surface area contributed by atoms with Gasteiger partial charge in [0.15, 0.2) is 0 Å². The van der Waals surface area contributed by atoms with E-state index in [4.69, 9.17) is 16.3 Å². The Balaban J connectivity index is 1.42. The highest BCUT2D eigenvalue weighted by atomic mass is 35.5. The first-order valence-electron chi connectivity index (χ1n) is 9.56. The molecule has 0 saturated heterocycles. The fourth-order valence-corrected chi connectivity index (χ4v) is 3.63. The summed E-state index contributed by atoms with van der Waals surface area (Å²) in [7, 11) is 0. The van der Waals surface area contributed by atoms with Crippen LogP contribution in [0, 0.1) is 0 Å². The lowest BCUT2D eigenvalue weighted by Crippen LogP contribution is -2.26. The van der Waals surface area contributed by atoms with Crippen molar-refractivity contribution in [3.8, 4) is 5.75 Å². The Morgan fingerprint density at radius 1 is 1.07 bits per heavy atom. The van der Waals surface area contributed by atoms with Gasteiger partial charge >= 0.3 is 0 Å². The van der Waals surface area contributed by atoms with E-state index in [2.05, 4.69) is 22.7 Å². The molecule has 0 fully saturated rings. The zero-order valence-corrected chi connectivity index (χ0v) is 18.2. The predicted molar refractivity (Wildman–Crippen MR) is 125 cm³/mol. The lowest BCUT2D eigenvalue weighted by atomic mass is 10.2. The third-order valence-electron chi connectivity index (χ3n) is 4.28. The number of hydrazone groups is 1. The molecule has 0 aromatic heterocycles. The van der Waals surface area contributed by atoms with Crippen LogP contribution in [-0.4, -0.2) is 17.4 Å². The molecule has 6 heteroatoms. The van der Waals surface area contributed by atoms with Crippen molar-refractivity contribution in [2.45, 2.75) is 24.5 Å². The van der Waals surface area contributed by atoms with Crippen molar-refractivity contribution in [1.29, 1.82) is 0 Å². The Bertz CT molecular complexity index is 978. The average molecular weight is 439 g/mol. The summed E-state index contributed by atoms with van der Waals surface area (Å²) in [5.74, 6) is 1.42. The van der Waals surface area contributed by atoms with E-state index < -0.39 is 0 Å². The van der Waals surface area contributed by atoms with Gasteiger partial charge in [0.25, 0.3) is 5.91 Å². The molecular formula is C24H23ClN2O2S. The van der Waals surface area contributed by atoms with Crippen LogP contribution < -0.4 is 10.2 Å². The lowest BCUT2D eigenvalue weighted by molar-refractivity contribution is -0.120. The molecule has 1 atom stereocenters. The summed E-state index contributed by atoms with van der Waals surface area (Å²) in [5, 5.41) is 4.56. The van der Waals surface area contributed by atoms with Crippen molar-refractivity contribution < 1.29 is 9.53 Å². The predicted octanol–water partition coefficient (Wildman–Crippen LogP) is 5.69. The van der Waals surface area contributed by atoms with Crippen LogP contribution in [0.5, 0.6) is 5.75 Å². The van der Waals surface area contributed by atoms with Gasteiger partial charge in [-0.3, -0.25) is 4.79 Å². The van der Waals surface area contributed by atoms with E-state index in [1.165, 1.54) is 5.56 Å². The first-order chi connectivity index (χ1) is 14.6. The van der Waals surface area contributed by atoms with Gasteiger partial charge in [-0.15, -0.1) is 11.8 Å². The number of carbonyl (C=O) groups excluding carboxylic acids is 1. The molecule has 0 bridgehead atoms. The molecule has 0 unspecified atom stereocenters. The van der Waals surface area contributed by atoms with Crippen LogP contribution >= 0.6 is 23.4 Å². The molecule has 0 saturated carbocycles. The molecular weight excluding hydrogens is 416 g/mol. The molecule has 1 N–H and O–H groups in total. The van der Waals surface area contributed by atoms with Crippen LogP contribution in [0.1, 0.15) is 23.6 Å². The van der Waals surface area contributed by atoms with Gasteiger partial charge in [0.05, 0.1) is 11.5 Å². The summed E-state index contributed by atoms with van der Waals surface area (Å²) in [6.07, 6.45) is 1.62. The van der Waals surface area contributed by atoms with Gasteiger partial charge in [0.2, 0.25) is 0 Å². The molecule has 0 spiro atoms. The Morgan fingerprint density at radius 3 is 2.53 bits per heavy atom. The van der Waals surface area contributed by atoms with Gasteiger partial charge in [0.1, 0.15) is 12.4 Å². The highest BCUT2D eigenvalue weighted by molar-refractivity contribution is 7.99. The van der Waals surface area contributed by atoms with E-state index in [0.29, 0.717) is 11.6 Å². The number of nitrogens with one attached hydrogen (secondary N) is 1. The molecule has 3 rings (SSSR count). The molecule has 1 amide bonds. The summed E-state index contributed by atoms with van der Waals surface area (Å²) in [5.41, 5.74) is 5.68. The van der Waals surface area contributed by atoms with Crippen LogP contribution in [0.2, 0.25) is 5.02 Å². The maximum Gasteiger partial charge on any atom is 0.252 e. The molecule has 0 aliphatic heterocycles. The van der Waals surface area contributed by atoms with Crippen molar-refractivity contribution in [2.24, 2.45) is 5.10 Å². The van der Waals surface area contributed by atoms with Crippen LogP contribution in [0.3, 0.4) is 0 Å². The molecule has 4 nitrogen and oxygen atoms in total. The average Bonchev–Trinajstić information content (AvgIpc) is 2.77. The zero-order chi connectivity index (χ0) is 21.2. The van der Waals surface area contributed by atoms with Crippen molar-refractivity contribution in [2.75, 3.05) is 0 Å². The number of halogens is 1. The second-order valence-corrected chi connectivity index (χ2v) is 8.43. The number of thioether (sulfide) groups is 1. The van der Waals surface area contributed by atoms with E-state index in [0.717, 1.165) is 22.6 Å². The van der Waals surface area contributed by atoms with Crippen molar-refractivity contribution in [1.82, 2.24) is 5.43 Å². The van der Waals surface area contributed by atoms with Crippen LogP contribution in [-0.2, 0) is 17.2 Å². The minimum atomic E-state index is -0.190. The second kappa shape index (κ2) is 11.4. The minimum Gasteiger partial charge on any atom is -0.489 e. The molecule has 0 radical (unpaired) electrons. The molecule has 3 aromatic carbocycles. The monoisotopic (exact) mass is 438 g/mol. The zero-order valence-electron chi connectivity index (χ0n) is 16.6. The Hall–Kier alpha value is -2.76. The topological polar surface area (TPSA) is 50.7 Å². The quantitative estimate of drug-likeness (QED) is 0.345. The van der Waals surface area contributed by atoms with Crippen molar-refractivity contribution in [3.05, 3.63) is 101 Å². The summed E-state index contributed by atoms with van der Waals surface area (Å²) in [6.45, 7) is 2.33. The second-order valence-electron chi connectivity index (χ2n) is 6.66. The number of hydrogen-bond acceptors (Lipinski definition) is 4. The number of rotatable bonds is 9. The van der Waals surface area contributed by atoms with Crippen LogP contribution in [0.4, 0.5) is 0 Å². The maximum atomic E-state index is 12.2. The Kier molecular flexibility index (Phi) is 8.36. The molecule has 154 valence electrons. The molecule has 0 aliphatic rings. The molecule has 0 aliphatic carbocycles. The summed E-state index contributed by atoms with van der Waals surface area (Å²) in [4.78, 5) is 12.2. The lowest BCUT2D eigenvalue weighted by Gasteiger charge is -2.09. The van der Waals surface area contributed by atoms with E-state index in [-0.39, 0.29) is 11.2 Å². The molecule has 30 heavy (non-hydrogen) atoms. The molecule has 3 aromatic rings. The first-order valence-corrected chi connectivity index (χ1v) is 11.0. The highest BCUT2D eigenvalue weighted by Crippen LogP contribution is 2.18. The summed E-state index contributed by atoms with van der Waals surface area (Å²) >= 11 is 7.56. The van der Waals surface area contributed by atoms with Gasteiger partial charge in [0, 0.05) is 10.8 Å². The number of amides is 1. The van der Waals surface area contributed by atoms with Gasteiger partial charge in [-0.25, -0.2) is 5.43 Å². The number of ether oxygens (including phenoxy) is 1. The third kappa shape index (κ3) is 7.25. The third-order valence-corrected chi connectivity index (χ3v) is 5.72. The normalized spacial score (nSPS) is 11.9. The fourth-order valence-electron chi connectivity index (χ4n) is 2.58. The summed E-state index contributed by atoms with van der Waals surface area (Å²) in [6, 6.07) is 25.2. The number of hydrogen-bond donors (Lipinski definition) is 1. The summed E-state index contributed by atoms with van der Waals surface area (Å²) < 4.78 is 5.76. The van der Waals surface area contributed by atoms with Crippen molar-refractivity contribution >= 4 is 35.5 Å². The SMILES string of the molecule is C[C@@H](SCc1ccccc1)C(=O)N/N=C\c1ccc(OCc2cccc(Cl)c2)cc1. The van der Waals surface area contributed by atoms with Crippen LogP contribution in [0.25, 0.3) is 0 Å². The van der Waals surface area contributed by atoms with E-state index in [1.54, 1.807) is 18.0 Å².